The lowest BCUT2D eigenvalue weighted by Crippen LogP contribution is -2.15. The number of halogens is 2. The number of aromatic nitrogens is 2. The van der Waals surface area contributed by atoms with E-state index < -0.39 is 0 Å². The highest BCUT2D eigenvalue weighted by atomic mass is 127. The second kappa shape index (κ2) is 6.37. The fourth-order valence-electron chi connectivity index (χ4n) is 1.91. The second-order valence-electron chi connectivity index (χ2n) is 4.86. The minimum atomic E-state index is -0.0279. The van der Waals surface area contributed by atoms with Crippen molar-refractivity contribution in [3.8, 4) is 0 Å². The van der Waals surface area contributed by atoms with E-state index in [1.165, 1.54) is 3.57 Å². The van der Waals surface area contributed by atoms with Crippen molar-refractivity contribution in [2.45, 2.75) is 32.4 Å². The van der Waals surface area contributed by atoms with Crippen molar-refractivity contribution in [1.82, 2.24) is 9.78 Å². The Balaban J connectivity index is 2.15. The predicted octanol–water partition coefficient (Wildman–Crippen LogP) is 4.07. The Morgan fingerprint density at radius 1 is 1.37 bits per heavy atom. The Bertz CT molecular complexity index is 566. The van der Waals surface area contributed by atoms with E-state index >= 15 is 0 Å². The molecule has 0 radical (unpaired) electrons. The Morgan fingerprint density at radius 3 is 2.74 bits per heavy atom. The molecule has 1 aromatic heterocycles. The Kier molecular flexibility index (Phi) is 5.03. The van der Waals surface area contributed by atoms with Crippen LogP contribution < -0.4 is 5.73 Å². The molecule has 0 aliphatic rings. The number of hydrogen-bond acceptors (Lipinski definition) is 2. The van der Waals surface area contributed by atoms with Crippen molar-refractivity contribution in [3.05, 3.63) is 49.8 Å². The van der Waals surface area contributed by atoms with Gasteiger partial charge in [0.25, 0.3) is 0 Å². The fraction of sp³-hybridized carbons (Fsp3) is 0.357. The number of nitrogens with zero attached hydrogens (tertiary/aromatic N) is 2. The van der Waals surface area contributed by atoms with E-state index in [2.05, 4.69) is 69.6 Å². The third-order valence-electron chi connectivity index (χ3n) is 2.98. The van der Waals surface area contributed by atoms with Gasteiger partial charge in [-0.25, -0.2) is 0 Å². The van der Waals surface area contributed by atoms with Crippen LogP contribution in [0.3, 0.4) is 0 Å². The summed E-state index contributed by atoms with van der Waals surface area (Å²) in [4.78, 5) is 0. The summed E-state index contributed by atoms with van der Waals surface area (Å²) in [6, 6.07) is 8.60. The van der Waals surface area contributed by atoms with Gasteiger partial charge in [-0.1, -0.05) is 15.9 Å². The van der Waals surface area contributed by atoms with Gasteiger partial charge < -0.3 is 5.73 Å². The molecule has 2 rings (SSSR count). The van der Waals surface area contributed by atoms with Crippen molar-refractivity contribution in [2.75, 3.05) is 0 Å². The zero-order chi connectivity index (χ0) is 14.0. The van der Waals surface area contributed by atoms with Crippen LogP contribution in [0.5, 0.6) is 0 Å². The number of rotatable bonds is 4. The maximum absolute atomic E-state index is 6.31. The summed E-state index contributed by atoms with van der Waals surface area (Å²) in [5.74, 6) is 0. The Labute approximate surface area is 135 Å². The van der Waals surface area contributed by atoms with E-state index in [9.17, 15) is 0 Å². The van der Waals surface area contributed by atoms with E-state index in [0.717, 1.165) is 22.2 Å². The molecule has 0 amide bonds. The maximum Gasteiger partial charge on any atom is 0.0643 e. The first-order chi connectivity index (χ1) is 8.97. The molecule has 0 bridgehead atoms. The summed E-state index contributed by atoms with van der Waals surface area (Å²) in [5.41, 5.74) is 8.51. The summed E-state index contributed by atoms with van der Waals surface area (Å²) >= 11 is 5.82. The zero-order valence-corrected chi connectivity index (χ0v) is 14.7. The molecule has 0 saturated carbocycles. The third-order valence-corrected chi connectivity index (χ3v) is 4.45. The fourth-order valence-corrected chi connectivity index (χ4v) is 3.02. The molecule has 0 aliphatic heterocycles. The van der Waals surface area contributed by atoms with Gasteiger partial charge in [-0.2, -0.15) is 5.10 Å². The van der Waals surface area contributed by atoms with Crippen LogP contribution in [-0.2, 0) is 6.42 Å². The highest BCUT2D eigenvalue weighted by molar-refractivity contribution is 14.1. The third kappa shape index (κ3) is 3.79. The highest BCUT2D eigenvalue weighted by Crippen LogP contribution is 2.25. The topological polar surface area (TPSA) is 43.8 Å². The molecule has 5 heteroatoms. The Hall–Kier alpha value is -0.400. The van der Waals surface area contributed by atoms with Gasteiger partial charge in [-0.05, 0) is 66.3 Å². The predicted molar refractivity (Wildman–Crippen MR) is 90.1 cm³/mol. The minimum absolute atomic E-state index is 0.0279. The van der Waals surface area contributed by atoms with E-state index in [1.54, 1.807) is 0 Å². The first kappa shape index (κ1) is 15.0. The van der Waals surface area contributed by atoms with Crippen molar-refractivity contribution in [2.24, 2.45) is 5.73 Å². The molecule has 0 fully saturated rings. The highest BCUT2D eigenvalue weighted by Gasteiger charge is 2.13. The summed E-state index contributed by atoms with van der Waals surface area (Å²) in [6.45, 7) is 4.24. The monoisotopic (exact) mass is 433 g/mol. The van der Waals surface area contributed by atoms with Crippen LogP contribution in [0, 0.1) is 3.57 Å². The van der Waals surface area contributed by atoms with Crippen molar-refractivity contribution < 1.29 is 0 Å². The first-order valence-electron chi connectivity index (χ1n) is 6.22. The molecule has 1 heterocycles. The van der Waals surface area contributed by atoms with E-state index in [1.807, 2.05) is 23.0 Å². The SMILES string of the molecule is CC(C)n1ccc(CC(N)c2cc(Br)ccc2I)n1. The van der Waals surface area contributed by atoms with Gasteiger partial charge in [-0.3, -0.25) is 4.68 Å². The molecule has 0 saturated heterocycles. The van der Waals surface area contributed by atoms with Crippen LogP contribution in [0.25, 0.3) is 0 Å². The molecule has 0 spiro atoms. The van der Waals surface area contributed by atoms with E-state index in [4.69, 9.17) is 5.73 Å². The first-order valence-corrected chi connectivity index (χ1v) is 8.09. The van der Waals surface area contributed by atoms with E-state index in [-0.39, 0.29) is 6.04 Å². The van der Waals surface area contributed by atoms with Crippen LogP contribution in [0.1, 0.15) is 37.2 Å². The maximum atomic E-state index is 6.31. The Morgan fingerprint density at radius 2 is 2.11 bits per heavy atom. The van der Waals surface area contributed by atoms with Gasteiger partial charge in [-0.15, -0.1) is 0 Å². The second-order valence-corrected chi connectivity index (χ2v) is 6.94. The molecule has 2 N–H and O–H groups in total. The molecule has 19 heavy (non-hydrogen) atoms. The molecule has 3 nitrogen and oxygen atoms in total. The van der Waals surface area contributed by atoms with Crippen LogP contribution in [0.4, 0.5) is 0 Å². The average molecular weight is 434 g/mol. The van der Waals surface area contributed by atoms with Crippen LogP contribution in [-0.4, -0.2) is 9.78 Å². The standard InChI is InChI=1S/C14H17BrIN3/c1-9(2)19-6-5-11(18-19)8-14(17)12-7-10(15)3-4-13(12)16/h3-7,9,14H,8,17H2,1-2H3. The van der Waals surface area contributed by atoms with Crippen LogP contribution >= 0.6 is 38.5 Å². The molecule has 1 unspecified atom stereocenters. The lowest BCUT2D eigenvalue weighted by molar-refractivity contribution is 0.522. The molecular weight excluding hydrogens is 417 g/mol. The summed E-state index contributed by atoms with van der Waals surface area (Å²) < 4.78 is 4.22. The zero-order valence-electron chi connectivity index (χ0n) is 11.0. The van der Waals surface area contributed by atoms with Gasteiger partial charge in [0.15, 0.2) is 0 Å². The molecule has 102 valence electrons. The van der Waals surface area contributed by atoms with Gasteiger partial charge in [0, 0.05) is 32.7 Å². The molecule has 1 atom stereocenters. The van der Waals surface area contributed by atoms with Gasteiger partial charge >= 0.3 is 0 Å². The van der Waals surface area contributed by atoms with Crippen LogP contribution in [0.15, 0.2) is 34.9 Å². The van der Waals surface area contributed by atoms with Crippen molar-refractivity contribution in [1.29, 1.82) is 0 Å². The normalized spacial score (nSPS) is 12.9. The molecule has 0 aliphatic carbocycles. The molecule has 2 aromatic rings. The van der Waals surface area contributed by atoms with Crippen molar-refractivity contribution in [3.63, 3.8) is 0 Å². The smallest absolute Gasteiger partial charge is 0.0643 e. The van der Waals surface area contributed by atoms with E-state index in [0.29, 0.717) is 6.04 Å². The number of benzene rings is 1. The summed E-state index contributed by atoms with van der Waals surface area (Å²) in [6.07, 6.45) is 2.77. The van der Waals surface area contributed by atoms with Gasteiger partial charge in [0.05, 0.1) is 5.69 Å². The molecule has 1 aromatic carbocycles. The van der Waals surface area contributed by atoms with Gasteiger partial charge in [0.2, 0.25) is 0 Å². The average Bonchev–Trinajstić information content (AvgIpc) is 2.80. The lowest BCUT2D eigenvalue weighted by atomic mass is 10.0. The summed E-state index contributed by atoms with van der Waals surface area (Å²) in [7, 11) is 0. The van der Waals surface area contributed by atoms with Gasteiger partial charge in [0.1, 0.15) is 0 Å². The largest absolute Gasteiger partial charge is 0.324 e. The summed E-state index contributed by atoms with van der Waals surface area (Å²) in [5, 5.41) is 4.55. The minimum Gasteiger partial charge on any atom is -0.324 e. The lowest BCUT2D eigenvalue weighted by Gasteiger charge is -2.13. The number of nitrogens with two attached hydrogens (primary N) is 1. The molecular formula is C14H17BrIN3. The van der Waals surface area contributed by atoms with Crippen molar-refractivity contribution >= 4 is 38.5 Å². The quantitative estimate of drug-likeness (QED) is 0.738. The van der Waals surface area contributed by atoms with Crippen LogP contribution in [0.2, 0.25) is 0 Å². The number of hydrogen-bond donors (Lipinski definition) is 1.